The number of rotatable bonds is 5. The van der Waals surface area contributed by atoms with Crippen LogP contribution in [-0.2, 0) is 0 Å². The lowest BCUT2D eigenvalue weighted by molar-refractivity contribution is 0.0695. The predicted octanol–water partition coefficient (Wildman–Crippen LogP) is 4.60. The van der Waals surface area contributed by atoms with Gasteiger partial charge in [0.1, 0.15) is 5.75 Å². The standard InChI is InChI=1S/C23H22ClN5O3/c1-13-4-5-15(8-16(13)21(30)31)32-23-27-19-9-17(18(24)10-20(19)28-23)14-11-25-22(26-12-14)29-6-2-3-7-29/h4-5,8-12,23,27-28H,2-3,6-7H2,1H3,(H,30,31). The van der Waals surface area contributed by atoms with E-state index in [1.165, 1.54) is 18.9 Å². The van der Waals surface area contributed by atoms with Crippen LogP contribution < -0.4 is 20.3 Å². The molecule has 0 saturated carbocycles. The molecule has 3 aromatic rings. The molecule has 1 unspecified atom stereocenters. The van der Waals surface area contributed by atoms with Crippen LogP contribution in [0.4, 0.5) is 17.3 Å². The molecule has 1 aromatic heterocycles. The largest absolute Gasteiger partial charge is 0.478 e. The van der Waals surface area contributed by atoms with E-state index in [1.54, 1.807) is 31.5 Å². The Balaban J connectivity index is 1.34. The molecule has 0 spiro atoms. The van der Waals surface area contributed by atoms with Crippen LogP contribution in [0.25, 0.3) is 11.1 Å². The van der Waals surface area contributed by atoms with Crippen molar-refractivity contribution in [1.29, 1.82) is 0 Å². The Morgan fingerprint density at radius 1 is 1.12 bits per heavy atom. The smallest absolute Gasteiger partial charge is 0.336 e. The highest BCUT2D eigenvalue weighted by molar-refractivity contribution is 6.34. The molecule has 0 aliphatic carbocycles. The van der Waals surface area contributed by atoms with Crippen LogP contribution in [0.5, 0.6) is 5.75 Å². The molecule has 0 radical (unpaired) electrons. The summed E-state index contributed by atoms with van der Waals surface area (Å²) < 4.78 is 5.90. The van der Waals surface area contributed by atoms with E-state index >= 15 is 0 Å². The van der Waals surface area contributed by atoms with E-state index in [0.717, 1.165) is 41.5 Å². The Bertz CT molecular complexity index is 1180. The summed E-state index contributed by atoms with van der Waals surface area (Å²) in [5.74, 6) is 0.205. The van der Waals surface area contributed by atoms with E-state index in [0.29, 0.717) is 16.3 Å². The van der Waals surface area contributed by atoms with Crippen molar-refractivity contribution in [1.82, 2.24) is 9.97 Å². The third kappa shape index (κ3) is 3.89. The normalized spacial score (nSPS) is 16.9. The van der Waals surface area contributed by atoms with Crippen LogP contribution in [0, 0.1) is 6.92 Å². The lowest BCUT2D eigenvalue weighted by Crippen LogP contribution is -2.29. The second-order valence-corrected chi connectivity index (χ2v) is 8.32. The molecular weight excluding hydrogens is 430 g/mol. The summed E-state index contributed by atoms with van der Waals surface area (Å²) in [5, 5.41) is 16.4. The third-order valence-corrected chi connectivity index (χ3v) is 6.02. The number of carbonyl (C=O) groups is 1. The van der Waals surface area contributed by atoms with Gasteiger partial charge in [0.05, 0.1) is 22.0 Å². The molecule has 2 aliphatic heterocycles. The molecule has 3 heterocycles. The summed E-state index contributed by atoms with van der Waals surface area (Å²) >= 11 is 6.55. The number of anilines is 3. The Morgan fingerprint density at radius 2 is 1.81 bits per heavy atom. The molecule has 1 fully saturated rings. The van der Waals surface area contributed by atoms with Crippen molar-refractivity contribution >= 4 is 34.9 Å². The summed E-state index contributed by atoms with van der Waals surface area (Å²) in [6.45, 7) is 3.73. The van der Waals surface area contributed by atoms with Gasteiger partial charge in [-0.2, -0.15) is 0 Å². The highest BCUT2D eigenvalue weighted by Gasteiger charge is 2.24. The second-order valence-electron chi connectivity index (χ2n) is 7.91. The number of hydrogen-bond acceptors (Lipinski definition) is 7. The number of fused-ring (bicyclic) bond motifs is 1. The van der Waals surface area contributed by atoms with Gasteiger partial charge in [0.25, 0.3) is 0 Å². The van der Waals surface area contributed by atoms with Crippen molar-refractivity contribution in [3.05, 3.63) is 58.9 Å². The minimum absolute atomic E-state index is 0.209. The Labute approximate surface area is 190 Å². The minimum atomic E-state index is -0.988. The first-order chi connectivity index (χ1) is 15.5. The maximum Gasteiger partial charge on any atom is 0.336 e. The fraction of sp³-hybridized carbons (Fsp3) is 0.261. The average molecular weight is 452 g/mol. The number of benzene rings is 2. The van der Waals surface area contributed by atoms with E-state index in [1.807, 2.05) is 12.1 Å². The Hall–Kier alpha value is -3.52. The van der Waals surface area contributed by atoms with Crippen molar-refractivity contribution in [2.45, 2.75) is 26.1 Å². The van der Waals surface area contributed by atoms with Crippen molar-refractivity contribution < 1.29 is 14.6 Å². The van der Waals surface area contributed by atoms with Crippen LogP contribution >= 0.6 is 11.6 Å². The fourth-order valence-electron chi connectivity index (χ4n) is 3.99. The van der Waals surface area contributed by atoms with Gasteiger partial charge in [-0.05, 0) is 49.6 Å². The Kier molecular flexibility index (Phi) is 5.22. The lowest BCUT2D eigenvalue weighted by atomic mass is 10.1. The van der Waals surface area contributed by atoms with Crippen molar-refractivity contribution in [3.8, 4) is 16.9 Å². The van der Waals surface area contributed by atoms with Gasteiger partial charge in [0.15, 0.2) is 0 Å². The number of hydrogen-bond donors (Lipinski definition) is 3. The van der Waals surface area contributed by atoms with Crippen LogP contribution in [0.15, 0.2) is 42.7 Å². The number of aryl methyl sites for hydroxylation is 1. The highest BCUT2D eigenvalue weighted by Crippen LogP contribution is 2.39. The van der Waals surface area contributed by atoms with Crippen molar-refractivity contribution in [2.75, 3.05) is 28.6 Å². The van der Waals surface area contributed by atoms with Crippen LogP contribution in [0.1, 0.15) is 28.8 Å². The number of ether oxygens (including phenoxy) is 1. The van der Waals surface area contributed by atoms with E-state index < -0.39 is 12.3 Å². The maximum absolute atomic E-state index is 11.4. The van der Waals surface area contributed by atoms with E-state index in [4.69, 9.17) is 16.3 Å². The highest BCUT2D eigenvalue weighted by atomic mass is 35.5. The zero-order chi connectivity index (χ0) is 22.2. The Morgan fingerprint density at radius 3 is 2.50 bits per heavy atom. The van der Waals surface area contributed by atoms with Crippen LogP contribution in [0.2, 0.25) is 5.02 Å². The summed E-state index contributed by atoms with van der Waals surface area (Å²) in [5.41, 5.74) is 4.15. The number of nitrogens with zero attached hydrogens (tertiary/aromatic N) is 3. The summed E-state index contributed by atoms with van der Waals surface area (Å²) in [6.07, 6.45) is 5.37. The average Bonchev–Trinajstić information content (AvgIpc) is 3.44. The number of carboxylic acids is 1. The first kappa shape index (κ1) is 20.4. The molecule has 9 heteroatoms. The molecule has 1 saturated heterocycles. The number of aromatic nitrogens is 2. The number of nitrogens with one attached hydrogen (secondary N) is 2. The molecule has 2 aromatic carbocycles. The maximum atomic E-state index is 11.4. The molecule has 8 nitrogen and oxygen atoms in total. The lowest BCUT2D eigenvalue weighted by Gasteiger charge is -2.15. The fourth-order valence-corrected chi connectivity index (χ4v) is 4.27. The zero-order valence-corrected chi connectivity index (χ0v) is 18.2. The zero-order valence-electron chi connectivity index (χ0n) is 17.4. The van der Waals surface area contributed by atoms with Crippen molar-refractivity contribution in [3.63, 3.8) is 0 Å². The van der Waals surface area contributed by atoms with Gasteiger partial charge >= 0.3 is 5.97 Å². The van der Waals surface area contributed by atoms with Crippen molar-refractivity contribution in [2.24, 2.45) is 0 Å². The number of aromatic carboxylic acids is 1. The quantitative estimate of drug-likeness (QED) is 0.517. The van der Waals surface area contributed by atoms with Gasteiger partial charge in [-0.15, -0.1) is 0 Å². The van der Waals surface area contributed by atoms with Gasteiger partial charge in [-0.1, -0.05) is 17.7 Å². The number of halogens is 1. The molecule has 5 rings (SSSR count). The van der Waals surface area contributed by atoms with Gasteiger partial charge in [0.2, 0.25) is 12.3 Å². The summed E-state index contributed by atoms with van der Waals surface area (Å²) in [7, 11) is 0. The second kappa shape index (κ2) is 8.20. The summed E-state index contributed by atoms with van der Waals surface area (Å²) in [4.78, 5) is 22.6. The monoisotopic (exact) mass is 451 g/mol. The first-order valence-corrected chi connectivity index (χ1v) is 10.8. The molecule has 0 amide bonds. The third-order valence-electron chi connectivity index (χ3n) is 5.71. The SMILES string of the molecule is Cc1ccc(OC2Nc3cc(Cl)c(-c4cnc(N5CCCC5)nc4)cc3N2)cc1C(=O)O. The predicted molar refractivity (Wildman–Crippen MR) is 124 cm³/mol. The van der Waals surface area contributed by atoms with Gasteiger partial charge in [0, 0.05) is 36.6 Å². The topological polar surface area (TPSA) is 99.6 Å². The molecule has 32 heavy (non-hydrogen) atoms. The first-order valence-electron chi connectivity index (χ1n) is 10.4. The molecular formula is C23H22ClN5O3. The van der Waals surface area contributed by atoms with Gasteiger partial charge in [-0.3, -0.25) is 0 Å². The molecule has 1 atom stereocenters. The molecule has 2 aliphatic rings. The van der Waals surface area contributed by atoms with E-state index in [9.17, 15) is 9.90 Å². The molecule has 0 bridgehead atoms. The minimum Gasteiger partial charge on any atom is -0.478 e. The van der Waals surface area contributed by atoms with Crippen LogP contribution in [-0.4, -0.2) is 40.5 Å². The molecule has 164 valence electrons. The van der Waals surface area contributed by atoms with E-state index in [-0.39, 0.29) is 5.56 Å². The number of carboxylic acid groups (broad SMARTS) is 1. The van der Waals surface area contributed by atoms with Crippen LogP contribution in [0.3, 0.4) is 0 Å². The summed E-state index contributed by atoms with van der Waals surface area (Å²) in [6, 6.07) is 8.74. The van der Waals surface area contributed by atoms with E-state index in [2.05, 4.69) is 25.5 Å². The van der Waals surface area contributed by atoms with Gasteiger partial charge < -0.3 is 25.4 Å². The molecule has 3 N–H and O–H groups in total. The van der Waals surface area contributed by atoms with Gasteiger partial charge in [-0.25, -0.2) is 14.8 Å².